The minimum atomic E-state index is -1.22. The van der Waals surface area contributed by atoms with Gasteiger partial charge in [-0.25, -0.2) is 0 Å². The van der Waals surface area contributed by atoms with Crippen molar-refractivity contribution < 1.29 is 44.2 Å². The largest absolute Gasteiger partial charge is 0.387 e. The summed E-state index contributed by atoms with van der Waals surface area (Å²) in [4.78, 5) is 13.7. The second-order valence-corrected chi connectivity index (χ2v) is 7.30. The summed E-state index contributed by atoms with van der Waals surface area (Å²) in [5, 5.41) is 39.5. The van der Waals surface area contributed by atoms with Crippen molar-refractivity contribution in [1.29, 1.82) is 0 Å². The van der Waals surface area contributed by atoms with Crippen LogP contribution in [-0.4, -0.2) is 112 Å². The molecule has 0 aromatic carbocycles. The highest BCUT2D eigenvalue weighted by molar-refractivity contribution is 8.01. The number of aliphatic hydroxyl groups is 4. The molecule has 3 aliphatic rings. The molecule has 144 valence electrons. The minimum absolute atomic E-state index is 0.00505. The Bertz CT molecular complexity index is 497. The predicted octanol–water partition coefficient (Wildman–Crippen LogP) is -2.93. The number of rotatable bonds is 5. The first-order valence-corrected chi connectivity index (χ1v) is 8.93. The van der Waals surface area contributed by atoms with Gasteiger partial charge in [0.1, 0.15) is 42.0 Å². The van der Waals surface area contributed by atoms with E-state index < -0.39 is 54.6 Å². The van der Waals surface area contributed by atoms with Gasteiger partial charge in [-0.05, 0) is 0 Å². The highest BCUT2D eigenvalue weighted by atomic mass is 32.2. The fourth-order valence-electron chi connectivity index (χ4n) is 3.31. The number of aliphatic hydroxyl groups excluding tert-OH is 4. The Morgan fingerprint density at radius 2 is 1.64 bits per heavy atom. The van der Waals surface area contributed by atoms with Crippen LogP contribution in [0.25, 0.3) is 0 Å². The molecule has 3 fully saturated rings. The molecule has 0 aromatic rings. The molecule has 3 aliphatic heterocycles. The van der Waals surface area contributed by atoms with E-state index in [0.717, 1.165) is 0 Å². The fraction of sp³-hybridized carbons (Fsp3) is 0.929. The molecule has 0 aromatic heterocycles. The summed E-state index contributed by atoms with van der Waals surface area (Å²) >= 11 is 1.26. The van der Waals surface area contributed by atoms with Crippen molar-refractivity contribution in [2.75, 3.05) is 26.5 Å². The molecule has 9 atom stereocenters. The third kappa shape index (κ3) is 3.40. The third-order valence-electron chi connectivity index (χ3n) is 4.70. The van der Waals surface area contributed by atoms with E-state index in [1.165, 1.54) is 30.9 Å². The van der Waals surface area contributed by atoms with Crippen LogP contribution in [0.2, 0.25) is 0 Å². The molecule has 1 amide bonds. The highest BCUT2D eigenvalue weighted by Gasteiger charge is 2.52. The monoisotopic (exact) mass is 381 g/mol. The maximum Gasteiger partial charge on any atom is 0.233 e. The number of ether oxygens (including phenoxy) is 4. The first-order chi connectivity index (χ1) is 11.9. The summed E-state index contributed by atoms with van der Waals surface area (Å²) in [6.07, 6.45) is -8.51. The van der Waals surface area contributed by atoms with Crippen LogP contribution in [0.15, 0.2) is 0 Å². The van der Waals surface area contributed by atoms with Crippen LogP contribution in [0, 0.1) is 0 Å². The standard InChI is InChI=1S/C14H23NO9S/c1-21-13-9(19)7(17)5(23-13)3-15-6(16)4-25-12(15)11-8(18)10(20)14(22-2)24-11/h5,7-14,17-20H,3-4H2,1-2H3/t5-,7-,8+,9-,10-,11+,12-,13-,14-/m1/s1. The zero-order valence-corrected chi connectivity index (χ0v) is 14.6. The van der Waals surface area contributed by atoms with Gasteiger partial charge in [0.25, 0.3) is 0 Å². The molecular formula is C14H23NO9S. The van der Waals surface area contributed by atoms with Crippen molar-refractivity contribution in [3.8, 4) is 0 Å². The van der Waals surface area contributed by atoms with Crippen LogP contribution in [-0.2, 0) is 23.7 Å². The van der Waals surface area contributed by atoms with Gasteiger partial charge in [-0.1, -0.05) is 0 Å². The Labute approximate surface area is 148 Å². The van der Waals surface area contributed by atoms with E-state index in [0.29, 0.717) is 0 Å². The number of nitrogens with zero attached hydrogens (tertiary/aromatic N) is 1. The first kappa shape index (κ1) is 19.3. The third-order valence-corrected chi connectivity index (χ3v) is 5.98. The predicted molar refractivity (Wildman–Crippen MR) is 83.3 cm³/mol. The topological polar surface area (TPSA) is 138 Å². The quantitative estimate of drug-likeness (QED) is 0.392. The van der Waals surface area contributed by atoms with Gasteiger partial charge < -0.3 is 44.3 Å². The summed E-state index contributed by atoms with van der Waals surface area (Å²) in [5.74, 6) is -0.0448. The average Bonchev–Trinajstić information content (AvgIpc) is 3.19. The van der Waals surface area contributed by atoms with Gasteiger partial charge >= 0.3 is 0 Å². The Balaban J connectivity index is 1.71. The van der Waals surface area contributed by atoms with Crippen molar-refractivity contribution in [2.45, 2.75) is 54.6 Å². The lowest BCUT2D eigenvalue weighted by atomic mass is 10.1. The van der Waals surface area contributed by atoms with E-state index in [1.807, 2.05) is 0 Å². The zero-order chi connectivity index (χ0) is 18.3. The lowest BCUT2D eigenvalue weighted by Crippen LogP contribution is -2.50. The number of hydrogen-bond donors (Lipinski definition) is 4. The molecule has 0 aliphatic carbocycles. The molecule has 25 heavy (non-hydrogen) atoms. The molecule has 3 rings (SSSR count). The molecule has 10 nitrogen and oxygen atoms in total. The van der Waals surface area contributed by atoms with Crippen LogP contribution < -0.4 is 0 Å². The summed E-state index contributed by atoms with van der Waals surface area (Å²) in [5.41, 5.74) is 0. The van der Waals surface area contributed by atoms with Crippen molar-refractivity contribution in [3.05, 3.63) is 0 Å². The maximum absolute atomic E-state index is 12.3. The molecular weight excluding hydrogens is 358 g/mol. The van der Waals surface area contributed by atoms with Crippen molar-refractivity contribution in [2.24, 2.45) is 0 Å². The number of carbonyl (C=O) groups is 1. The smallest absolute Gasteiger partial charge is 0.233 e. The molecule has 0 spiro atoms. The Morgan fingerprint density at radius 3 is 2.20 bits per heavy atom. The van der Waals surface area contributed by atoms with Crippen LogP contribution in [0.1, 0.15) is 0 Å². The Hall–Kier alpha value is -0.500. The summed E-state index contributed by atoms with van der Waals surface area (Å²) in [6, 6.07) is 0. The normalized spacial score (nSPS) is 47.8. The molecule has 0 unspecified atom stereocenters. The summed E-state index contributed by atoms with van der Waals surface area (Å²) in [7, 11) is 2.69. The Kier molecular flexibility index (Phi) is 5.88. The fourth-order valence-corrected chi connectivity index (χ4v) is 4.58. The SMILES string of the molecule is CO[C@@H]1O[C@H]([C@H]2SCC(=O)N2C[C@H]2O[C@@H](OC)[C@H](O)[C@@H]2O)[C@@H](O)[C@H]1O. The van der Waals surface area contributed by atoms with Gasteiger partial charge in [0, 0.05) is 14.2 Å². The van der Waals surface area contributed by atoms with Gasteiger partial charge in [-0.15, -0.1) is 11.8 Å². The summed E-state index contributed by atoms with van der Waals surface area (Å²) < 4.78 is 20.9. The molecule has 0 bridgehead atoms. The molecule has 11 heteroatoms. The number of amides is 1. The van der Waals surface area contributed by atoms with Gasteiger partial charge in [0.2, 0.25) is 5.91 Å². The van der Waals surface area contributed by atoms with E-state index in [9.17, 15) is 25.2 Å². The van der Waals surface area contributed by atoms with Crippen LogP contribution in [0.4, 0.5) is 0 Å². The van der Waals surface area contributed by atoms with Crippen molar-refractivity contribution in [3.63, 3.8) is 0 Å². The maximum atomic E-state index is 12.3. The van der Waals surface area contributed by atoms with E-state index in [4.69, 9.17) is 18.9 Å². The van der Waals surface area contributed by atoms with E-state index >= 15 is 0 Å². The van der Waals surface area contributed by atoms with Crippen LogP contribution >= 0.6 is 11.8 Å². The van der Waals surface area contributed by atoms with E-state index in [1.54, 1.807) is 0 Å². The van der Waals surface area contributed by atoms with E-state index in [-0.39, 0.29) is 18.2 Å². The van der Waals surface area contributed by atoms with Crippen LogP contribution in [0.5, 0.6) is 0 Å². The van der Waals surface area contributed by atoms with E-state index in [2.05, 4.69) is 0 Å². The van der Waals surface area contributed by atoms with Gasteiger partial charge in [-0.2, -0.15) is 0 Å². The number of methoxy groups -OCH3 is 2. The second-order valence-electron chi connectivity index (χ2n) is 6.19. The van der Waals surface area contributed by atoms with Crippen LogP contribution in [0.3, 0.4) is 0 Å². The van der Waals surface area contributed by atoms with Crippen molar-refractivity contribution >= 4 is 17.7 Å². The van der Waals surface area contributed by atoms with Gasteiger partial charge in [0.05, 0.1) is 12.3 Å². The summed E-state index contributed by atoms with van der Waals surface area (Å²) in [6.45, 7) is -0.00505. The molecule has 0 radical (unpaired) electrons. The zero-order valence-electron chi connectivity index (χ0n) is 13.8. The minimum Gasteiger partial charge on any atom is -0.387 e. The second kappa shape index (κ2) is 7.62. The molecule has 0 saturated carbocycles. The highest BCUT2D eigenvalue weighted by Crippen LogP contribution is 2.37. The van der Waals surface area contributed by atoms with Gasteiger partial charge in [-0.3, -0.25) is 4.79 Å². The Morgan fingerprint density at radius 1 is 1.04 bits per heavy atom. The molecule has 4 N–H and O–H groups in total. The number of thioether (sulfide) groups is 1. The van der Waals surface area contributed by atoms with Crippen molar-refractivity contribution in [1.82, 2.24) is 4.90 Å². The lowest BCUT2D eigenvalue weighted by Gasteiger charge is -2.31. The van der Waals surface area contributed by atoms with Gasteiger partial charge in [0.15, 0.2) is 12.6 Å². The lowest BCUT2D eigenvalue weighted by molar-refractivity contribution is -0.162. The number of hydrogen-bond acceptors (Lipinski definition) is 10. The average molecular weight is 381 g/mol. The molecule has 3 saturated heterocycles. The number of carbonyl (C=O) groups excluding carboxylic acids is 1. The molecule has 3 heterocycles. The first-order valence-electron chi connectivity index (χ1n) is 7.89.